The molecule has 0 aliphatic rings. The van der Waals surface area contributed by atoms with Crippen LogP contribution in [0.5, 0.6) is 0 Å². The van der Waals surface area contributed by atoms with Crippen molar-refractivity contribution in [2.45, 2.75) is 19.3 Å². The van der Waals surface area contributed by atoms with Crippen LogP contribution < -0.4 is 0 Å². The molecule has 0 aromatic heterocycles. The molecule has 0 amide bonds. The van der Waals surface area contributed by atoms with Crippen molar-refractivity contribution in [3.05, 3.63) is 25.0 Å². The molecule has 0 aliphatic heterocycles. The van der Waals surface area contributed by atoms with Gasteiger partial charge < -0.3 is 14.9 Å². The highest BCUT2D eigenvalue weighted by atomic mass is 16.5. The molecule has 0 aromatic carbocycles. The predicted molar refractivity (Wildman–Crippen MR) is 54.9 cm³/mol. The number of carbonyl (C=O) groups is 1. The molecule has 0 saturated heterocycles. The smallest absolute Gasteiger partial charge is 0.333 e. The Morgan fingerprint density at radius 2 is 2.00 bits per heavy atom. The molecule has 0 heterocycles. The van der Waals surface area contributed by atoms with Gasteiger partial charge in [-0.3, -0.25) is 0 Å². The topological polar surface area (TPSA) is 66.8 Å². The second-order valence-electron chi connectivity index (χ2n) is 2.46. The summed E-state index contributed by atoms with van der Waals surface area (Å²) in [5.74, 6) is -0.358. The maximum absolute atomic E-state index is 10.7. The fourth-order valence-corrected chi connectivity index (χ4v) is 0.697. The van der Waals surface area contributed by atoms with Crippen LogP contribution in [0, 0.1) is 0 Å². The van der Waals surface area contributed by atoms with Crippen molar-refractivity contribution < 1.29 is 19.7 Å². The molecule has 0 atom stereocenters. The van der Waals surface area contributed by atoms with E-state index in [0.29, 0.717) is 18.4 Å². The first-order valence-corrected chi connectivity index (χ1v) is 4.26. The molecular formula is C10H18O4. The van der Waals surface area contributed by atoms with Crippen molar-refractivity contribution in [3.8, 4) is 0 Å². The number of rotatable bonds is 5. The fraction of sp³-hybridized carbons (Fsp3) is 0.500. The normalized spacial score (nSPS) is 8.14. The Bertz CT molecular complexity index is 175. The Kier molecular flexibility index (Phi) is 12.7. The summed E-state index contributed by atoms with van der Waals surface area (Å²) in [5, 5.41) is 15.8. The van der Waals surface area contributed by atoms with Gasteiger partial charge in [0, 0.05) is 12.2 Å². The Hall–Kier alpha value is -1.29. The standard InChI is InChI=1S/C8H14O3.C2H4O/c1-7(8(10)11-2)5-3-4-6-9;1-2-3/h9H,1,3-6H2,2H3;2-3H,1H2. The second-order valence-corrected chi connectivity index (χ2v) is 2.46. The summed E-state index contributed by atoms with van der Waals surface area (Å²) in [5.41, 5.74) is 0.473. The molecular weight excluding hydrogens is 184 g/mol. The molecule has 0 bridgehead atoms. The van der Waals surface area contributed by atoms with Crippen LogP contribution in [-0.2, 0) is 9.53 Å². The number of methoxy groups -OCH3 is 1. The molecule has 0 unspecified atom stereocenters. The lowest BCUT2D eigenvalue weighted by Crippen LogP contribution is -2.03. The van der Waals surface area contributed by atoms with Crippen LogP contribution in [0.4, 0.5) is 0 Å². The van der Waals surface area contributed by atoms with E-state index in [1.165, 1.54) is 7.11 Å². The molecule has 0 saturated carbocycles. The largest absolute Gasteiger partial charge is 0.516 e. The predicted octanol–water partition coefficient (Wildman–Crippen LogP) is 1.57. The van der Waals surface area contributed by atoms with Gasteiger partial charge in [0.15, 0.2) is 0 Å². The monoisotopic (exact) mass is 202 g/mol. The highest BCUT2D eigenvalue weighted by Crippen LogP contribution is 2.05. The number of carbonyl (C=O) groups excluding carboxylic acids is 1. The van der Waals surface area contributed by atoms with Gasteiger partial charge in [-0.2, -0.15) is 0 Å². The summed E-state index contributed by atoms with van der Waals surface area (Å²) in [7, 11) is 1.33. The number of hydrogen-bond donors (Lipinski definition) is 2. The summed E-state index contributed by atoms with van der Waals surface area (Å²) in [6.45, 7) is 6.62. The molecule has 0 aromatic rings. The van der Waals surface area contributed by atoms with Gasteiger partial charge in [-0.05, 0) is 19.3 Å². The average molecular weight is 202 g/mol. The first-order valence-electron chi connectivity index (χ1n) is 4.26. The first kappa shape index (κ1) is 15.2. The third-order valence-corrected chi connectivity index (χ3v) is 1.36. The van der Waals surface area contributed by atoms with Gasteiger partial charge in [0.05, 0.1) is 13.4 Å². The number of hydrogen-bond acceptors (Lipinski definition) is 4. The van der Waals surface area contributed by atoms with Crippen molar-refractivity contribution in [1.82, 2.24) is 0 Å². The molecule has 82 valence electrons. The van der Waals surface area contributed by atoms with Gasteiger partial charge >= 0.3 is 5.97 Å². The van der Waals surface area contributed by atoms with Gasteiger partial charge in [0.2, 0.25) is 0 Å². The lowest BCUT2D eigenvalue weighted by Gasteiger charge is -2.01. The summed E-state index contributed by atoms with van der Waals surface area (Å²) in [6, 6.07) is 0. The number of esters is 1. The summed E-state index contributed by atoms with van der Waals surface area (Å²) in [4.78, 5) is 10.7. The average Bonchev–Trinajstić information content (AvgIpc) is 2.18. The Labute approximate surface area is 84.5 Å². The van der Waals surface area contributed by atoms with Gasteiger partial charge in [-0.25, -0.2) is 4.79 Å². The summed E-state index contributed by atoms with van der Waals surface area (Å²) >= 11 is 0. The molecule has 14 heavy (non-hydrogen) atoms. The molecule has 0 aliphatic carbocycles. The fourth-order valence-electron chi connectivity index (χ4n) is 0.697. The van der Waals surface area contributed by atoms with E-state index in [2.05, 4.69) is 17.9 Å². The molecule has 0 spiro atoms. The summed E-state index contributed by atoms with van der Waals surface area (Å²) in [6.07, 6.45) is 2.84. The molecule has 0 radical (unpaired) electrons. The van der Waals surface area contributed by atoms with Gasteiger partial charge in [-0.1, -0.05) is 13.2 Å². The van der Waals surface area contributed by atoms with Crippen molar-refractivity contribution in [2.75, 3.05) is 13.7 Å². The van der Waals surface area contributed by atoms with Crippen LogP contribution >= 0.6 is 0 Å². The number of aliphatic hydroxyl groups is 2. The van der Waals surface area contributed by atoms with Crippen LogP contribution in [0.3, 0.4) is 0 Å². The van der Waals surface area contributed by atoms with Crippen LogP contribution in [0.1, 0.15) is 19.3 Å². The van der Waals surface area contributed by atoms with Crippen LogP contribution in [-0.4, -0.2) is 29.9 Å². The SMILES string of the molecule is C=C(CCCCO)C(=O)OC.C=CO. The molecule has 2 N–H and O–H groups in total. The highest BCUT2D eigenvalue weighted by Gasteiger charge is 2.04. The Morgan fingerprint density at radius 3 is 2.36 bits per heavy atom. The first-order chi connectivity index (χ1) is 6.63. The van der Waals surface area contributed by atoms with E-state index < -0.39 is 0 Å². The minimum Gasteiger partial charge on any atom is -0.516 e. The van der Waals surface area contributed by atoms with Crippen LogP contribution in [0.15, 0.2) is 25.0 Å². The van der Waals surface area contributed by atoms with E-state index >= 15 is 0 Å². The van der Waals surface area contributed by atoms with E-state index in [1.807, 2.05) is 0 Å². The van der Waals surface area contributed by atoms with Gasteiger partial charge in [0.25, 0.3) is 0 Å². The van der Waals surface area contributed by atoms with E-state index in [9.17, 15) is 4.79 Å². The molecule has 0 rings (SSSR count). The zero-order valence-electron chi connectivity index (χ0n) is 8.53. The quantitative estimate of drug-likeness (QED) is 0.307. The maximum Gasteiger partial charge on any atom is 0.333 e. The van der Waals surface area contributed by atoms with Crippen molar-refractivity contribution in [2.24, 2.45) is 0 Å². The zero-order valence-corrected chi connectivity index (χ0v) is 8.53. The zero-order chi connectivity index (χ0) is 11.4. The lowest BCUT2D eigenvalue weighted by molar-refractivity contribution is -0.136. The van der Waals surface area contributed by atoms with E-state index in [4.69, 9.17) is 10.2 Å². The minimum atomic E-state index is -0.358. The highest BCUT2D eigenvalue weighted by molar-refractivity contribution is 5.87. The minimum absolute atomic E-state index is 0.161. The molecule has 4 heteroatoms. The molecule has 4 nitrogen and oxygen atoms in total. The number of unbranched alkanes of at least 4 members (excludes halogenated alkanes) is 1. The Balaban J connectivity index is 0. The van der Waals surface area contributed by atoms with Gasteiger partial charge in [-0.15, -0.1) is 0 Å². The second kappa shape index (κ2) is 11.7. The van der Waals surface area contributed by atoms with Crippen LogP contribution in [0.25, 0.3) is 0 Å². The number of ether oxygens (including phenoxy) is 1. The van der Waals surface area contributed by atoms with E-state index in [0.717, 1.165) is 12.7 Å². The van der Waals surface area contributed by atoms with Crippen molar-refractivity contribution in [1.29, 1.82) is 0 Å². The number of aliphatic hydroxyl groups excluding tert-OH is 2. The Morgan fingerprint density at radius 1 is 1.50 bits per heavy atom. The third-order valence-electron chi connectivity index (χ3n) is 1.36. The van der Waals surface area contributed by atoms with E-state index in [-0.39, 0.29) is 12.6 Å². The van der Waals surface area contributed by atoms with E-state index in [1.54, 1.807) is 0 Å². The molecule has 0 fully saturated rings. The van der Waals surface area contributed by atoms with Gasteiger partial charge in [0.1, 0.15) is 0 Å². The van der Waals surface area contributed by atoms with Crippen LogP contribution in [0.2, 0.25) is 0 Å². The summed E-state index contributed by atoms with van der Waals surface area (Å²) < 4.78 is 4.44. The maximum atomic E-state index is 10.7. The van der Waals surface area contributed by atoms with Crippen molar-refractivity contribution in [3.63, 3.8) is 0 Å². The van der Waals surface area contributed by atoms with Crippen molar-refractivity contribution >= 4 is 5.97 Å². The third kappa shape index (κ3) is 10.7. The lowest BCUT2D eigenvalue weighted by atomic mass is 10.1.